The van der Waals surface area contributed by atoms with E-state index in [2.05, 4.69) is 21.5 Å². The molecule has 5 nitrogen and oxygen atoms in total. The molecule has 3 rings (SSSR count). The number of amides is 2. The van der Waals surface area contributed by atoms with Gasteiger partial charge in [0.05, 0.1) is 23.3 Å². The van der Waals surface area contributed by atoms with Crippen LogP contribution in [0.25, 0.3) is 0 Å². The van der Waals surface area contributed by atoms with Gasteiger partial charge in [-0.1, -0.05) is 29.7 Å². The van der Waals surface area contributed by atoms with Gasteiger partial charge in [0.1, 0.15) is 0 Å². The Balaban J connectivity index is 1.76. The number of nitrogens with zero attached hydrogens (tertiary/aromatic N) is 1. The third-order valence-corrected chi connectivity index (χ3v) is 5.49. The second-order valence-electron chi connectivity index (χ2n) is 6.33. The van der Waals surface area contributed by atoms with Gasteiger partial charge in [0.15, 0.2) is 5.13 Å². The molecule has 25 heavy (non-hydrogen) atoms. The van der Waals surface area contributed by atoms with E-state index in [-0.39, 0.29) is 12.6 Å². The van der Waals surface area contributed by atoms with Crippen molar-refractivity contribution in [2.45, 2.75) is 30.7 Å². The first-order chi connectivity index (χ1) is 11.9. The topological polar surface area (TPSA) is 74.2 Å². The Morgan fingerprint density at radius 2 is 2.16 bits per heavy atom. The van der Waals surface area contributed by atoms with Crippen LogP contribution in [0, 0.1) is 12.3 Å². The highest BCUT2D eigenvalue weighted by Gasteiger charge is 2.43. The van der Waals surface area contributed by atoms with Crippen LogP contribution in [0.4, 0.5) is 9.93 Å². The number of urea groups is 1. The van der Waals surface area contributed by atoms with Crippen molar-refractivity contribution >= 4 is 34.1 Å². The second kappa shape index (κ2) is 6.68. The van der Waals surface area contributed by atoms with E-state index in [0.717, 1.165) is 18.4 Å². The van der Waals surface area contributed by atoms with Gasteiger partial charge in [-0.05, 0) is 37.5 Å². The maximum absolute atomic E-state index is 12.0. The molecule has 3 N–H and O–H groups in total. The quantitative estimate of drug-likeness (QED) is 0.701. The van der Waals surface area contributed by atoms with Crippen LogP contribution >= 0.6 is 22.9 Å². The highest BCUT2D eigenvalue weighted by molar-refractivity contribution is 7.14. The molecular formula is C18H18ClN3O2S. The molecular weight excluding hydrogens is 358 g/mol. The monoisotopic (exact) mass is 375 g/mol. The third kappa shape index (κ3) is 3.64. The van der Waals surface area contributed by atoms with E-state index in [9.17, 15) is 9.90 Å². The number of carbonyl (C=O) groups is 1. The molecule has 0 radical (unpaired) electrons. The maximum atomic E-state index is 12.0. The number of aromatic nitrogens is 1. The number of carbonyl (C=O) groups excluding carboxylic acids is 1. The summed E-state index contributed by atoms with van der Waals surface area (Å²) in [5, 5.41) is 17.7. The molecule has 1 aromatic heterocycles. The minimum atomic E-state index is -0.722. The van der Waals surface area contributed by atoms with E-state index in [0.29, 0.717) is 15.8 Å². The Morgan fingerprint density at radius 1 is 1.48 bits per heavy atom. The van der Waals surface area contributed by atoms with E-state index in [1.807, 2.05) is 24.4 Å². The number of aliphatic hydroxyl groups excluding tert-OH is 1. The fraction of sp³-hybridized carbons (Fsp3) is 0.333. The summed E-state index contributed by atoms with van der Waals surface area (Å²) in [7, 11) is 0. The van der Waals surface area contributed by atoms with Crippen molar-refractivity contribution in [3.8, 4) is 12.3 Å². The van der Waals surface area contributed by atoms with Crippen LogP contribution in [-0.2, 0) is 5.41 Å². The maximum Gasteiger partial charge on any atom is 0.321 e. The first-order valence-electron chi connectivity index (χ1n) is 7.81. The van der Waals surface area contributed by atoms with Crippen LogP contribution in [0.15, 0.2) is 29.6 Å². The van der Waals surface area contributed by atoms with Crippen LogP contribution in [0.1, 0.15) is 31.0 Å². The average Bonchev–Trinajstić information content (AvgIpc) is 3.22. The van der Waals surface area contributed by atoms with Gasteiger partial charge in [-0.2, -0.15) is 0 Å². The molecule has 1 fully saturated rings. The summed E-state index contributed by atoms with van der Waals surface area (Å²) in [6.45, 7) is 1.84. The average molecular weight is 376 g/mol. The highest BCUT2D eigenvalue weighted by Crippen LogP contribution is 2.35. The molecule has 1 heterocycles. The van der Waals surface area contributed by atoms with Crippen LogP contribution < -0.4 is 10.6 Å². The molecule has 0 bridgehead atoms. The Bertz CT molecular complexity index is 824. The summed E-state index contributed by atoms with van der Waals surface area (Å²) in [6.07, 6.45) is 7.35. The molecule has 0 saturated heterocycles. The molecule has 2 aromatic rings. The molecule has 0 unspecified atom stereocenters. The predicted octanol–water partition coefficient (Wildman–Crippen LogP) is 3.38. The zero-order chi connectivity index (χ0) is 18.1. The molecule has 2 amide bonds. The van der Waals surface area contributed by atoms with Crippen LogP contribution in [-0.4, -0.2) is 28.3 Å². The van der Waals surface area contributed by atoms with Crippen molar-refractivity contribution in [3.05, 3.63) is 45.9 Å². The zero-order valence-electron chi connectivity index (χ0n) is 13.7. The number of benzene rings is 1. The Morgan fingerprint density at radius 3 is 2.72 bits per heavy atom. The normalized spacial score (nSPS) is 17.2. The van der Waals surface area contributed by atoms with Gasteiger partial charge in [-0.3, -0.25) is 5.32 Å². The van der Waals surface area contributed by atoms with E-state index in [1.54, 1.807) is 12.1 Å². The van der Waals surface area contributed by atoms with Crippen molar-refractivity contribution in [1.82, 2.24) is 10.3 Å². The second-order valence-corrected chi connectivity index (χ2v) is 7.63. The Hall–Kier alpha value is -2.07. The fourth-order valence-corrected chi connectivity index (χ4v) is 3.43. The lowest BCUT2D eigenvalue weighted by Gasteiger charge is -2.22. The zero-order valence-corrected chi connectivity index (χ0v) is 15.2. The first-order valence-corrected chi connectivity index (χ1v) is 9.06. The van der Waals surface area contributed by atoms with E-state index < -0.39 is 11.0 Å². The predicted molar refractivity (Wildman–Crippen MR) is 100 cm³/mol. The number of hydrogen-bond donors (Lipinski definition) is 3. The van der Waals surface area contributed by atoms with E-state index in [4.69, 9.17) is 18.0 Å². The van der Waals surface area contributed by atoms with E-state index in [1.165, 1.54) is 11.3 Å². The van der Waals surface area contributed by atoms with Gasteiger partial charge in [-0.15, -0.1) is 17.8 Å². The molecule has 1 saturated carbocycles. The number of halogens is 1. The van der Waals surface area contributed by atoms with Gasteiger partial charge in [0.2, 0.25) is 0 Å². The van der Waals surface area contributed by atoms with Crippen LogP contribution in [0.5, 0.6) is 0 Å². The molecule has 1 atom stereocenters. The fourth-order valence-electron chi connectivity index (χ4n) is 2.49. The molecule has 0 spiro atoms. The van der Waals surface area contributed by atoms with Crippen molar-refractivity contribution in [2.24, 2.45) is 0 Å². The molecule has 130 valence electrons. The smallest absolute Gasteiger partial charge is 0.321 e. The minimum Gasteiger partial charge on any atom is -0.394 e. The number of thiazole rings is 1. The van der Waals surface area contributed by atoms with Crippen molar-refractivity contribution < 1.29 is 9.90 Å². The standard InChI is InChI=1S/C18H18ClN3O2S/c1-3-17(2,12-4-6-13(19)7-5-12)14-10-25-16(20-14)21-15(24)22-18(11-23)8-9-18/h1,4-7,10,23H,8-9,11H2,2H3,(H2,20,21,22,24)/t17-/m0/s1. The van der Waals surface area contributed by atoms with Crippen molar-refractivity contribution in [3.63, 3.8) is 0 Å². The van der Waals surface area contributed by atoms with Gasteiger partial charge in [0.25, 0.3) is 0 Å². The van der Waals surface area contributed by atoms with Crippen LogP contribution in [0.3, 0.4) is 0 Å². The molecule has 1 aliphatic rings. The van der Waals surface area contributed by atoms with Crippen molar-refractivity contribution in [2.75, 3.05) is 11.9 Å². The largest absolute Gasteiger partial charge is 0.394 e. The number of hydrogen-bond acceptors (Lipinski definition) is 4. The van der Waals surface area contributed by atoms with Gasteiger partial charge >= 0.3 is 6.03 Å². The molecule has 1 aliphatic carbocycles. The summed E-state index contributed by atoms with van der Waals surface area (Å²) in [6, 6.07) is 6.95. The number of anilines is 1. The minimum absolute atomic E-state index is 0.0602. The summed E-state index contributed by atoms with van der Waals surface area (Å²) < 4.78 is 0. The van der Waals surface area contributed by atoms with Crippen molar-refractivity contribution in [1.29, 1.82) is 0 Å². The Labute approximate surface area is 155 Å². The lowest BCUT2D eigenvalue weighted by Crippen LogP contribution is -2.42. The first kappa shape index (κ1) is 17.7. The molecule has 7 heteroatoms. The lowest BCUT2D eigenvalue weighted by atomic mass is 9.81. The van der Waals surface area contributed by atoms with E-state index >= 15 is 0 Å². The number of nitrogens with one attached hydrogen (secondary N) is 2. The lowest BCUT2D eigenvalue weighted by molar-refractivity contribution is 0.217. The summed E-state index contributed by atoms with van der Waals surface area (Å²) in [5.41, 5.74) is 0.389. The molecule has 1 aromatic carbocycles. The van der Waals surface area contributed by atoms with Crippen LogP contribution in [0.2, 0.25) is 5.02 Å². The van der Waals surface area contributed by atoms with Gasteiger partial charge < -0.3 is 10.4 Å². The number of rotatable bonds is 5. The molecule has 0 aliphatic heterocycles. The SMILES string of the molecule is C#C[C@@](C)(c1ccc(Cl)cc1)c1csc(NC(=O)NC2(CO)CC2)n1. The number of aliphatic hydroxyl groups is 1. The summed E-state index contributed by atoms with van der Waals surface area (Å²) >= 11 is 7.25. The summed E-state index contributed by atoms with van der Waals surface area (Å²) in [4.78, 5) is 16.5. The van der Waals surface area contributed by atoms with Gasteiger partial charge in [0, 0.05) is 10.4 Å². The third-order valence-electron chi connectivity index (χ3n) is 4.48. The number of terminal acetylenes is 1. The summed E-state index contributed by atoms with van der Waals surface area (Å²) in [5.74, 6) is 2.79. The van der Waals surface area contributed by atoms with Gasteiger partial charge in [-0.25, -0.2) is 9.78 Å². The highest BCUT2D eigenvalue weighted by atomic mass is 35.5. The Kier molecular flexibility index (Phi) is 4.74.